The topological polar surface area (TPSA) is 71.3 Å². The molecule has 0 saturated heterocycles. The summed E-state index contributed by atoms with van der Waals surface area (Å²) in [7, 11) is 0. The Kier molecular flexibility index (Phi) is 5.19. The van der Waals surface area contributed by atoms with Crippen molar-refractivity contribution < 1.29 is 14.7 Å². The zero-order valence-corrected chi connectivity index (χ0v) is 14.9. The molecule has 1 heterocycles. The Bertz CT molecular complexity index is 905. The minimum atomic E-state index is -1.04. The van der Waals surface area contributed by atoms with Gasteiger partial charge in [0.1, 0.15) is 12.6 Å². The van der Waals surface area contributed by atoms with E-state index in [2.05, 4.69) is 21.2 Å². The lowest BCUT2D eigenvalue weighted by Crippen LogP contribution is -2.43. The molecule has 5 nitrogen and oxygen atoms in total. The Morgan fingerprint density at radius 2 is 1.84 bits per heavy atom. The fourth-order valence-corrected chi connectivity index (χ4v) is 3.26. The lowest BCUT2D eigenvalue weighted by molar-refractivity contribution is -0.141. The summed E-state index contributed by atoms with van der Waals surface area (Å²) >= 11 is 3.48. The molecule has 3 aromatic rings. The summed E-state index contributed by atoms with van der Waals surface area (Å²) in [4.78, 5) is 23.8. The van der Waals surface area contributed by atoms with E-state index in [0.717, 1.165) is 20.9 Å². The number of nitrogens with one attached hydrogen (secondary N) is 1. The highest BCUT2D eigenvalue weighted by atomic mass is 79.9. The largest absolute Gasteiger partial charge is 0.480 e. The molecular formula is C19H17BrN2O3. The summed E-state index contributed by atoms with van der Waals surface area (Å²) in [6.07, 6.45) is 2.07. The average Bonchev–Trinajstić information content (AvgIpc) is 2.99. The van der Waals surface area contributed by atoms with Gasteiger partial charge in [0, 0.05) is 28.0 Å². The number of fused-ring (bicyclic) bond motifs is 1. The molecule has 0 radical (unpaired) electrons. The standard InChI is InChI=1S/C19H17BrN2O3/c20-15-7-4-8-17-14(15)9-10-22(17)12-18(23)21-16(19(24)25)11-13-5-2-1-3-6-13/h1-10,16H,11-12H2,(H,21,23)(H,24,25)/t16-/m1/s1. The number of amides is 1. The van der Waals surface area contributed by atoms with Crippen molar-refractivity contribution in [3.63, 3.8) is 0 Å². The quantitative estimate of drug-likeness (QED) is 0.667. The number of carbonyl (C=O) groups excluding carboxylic acids is 1. The molecule has 1 amide bonds. The molecule has 0 aliphatic rings. The van der Waals surface area contributed by atoms with Gasteiger partial charge in [-0.3, -0.25) is 4.79 Å². The van der Waals surface area contributed by atoms with Crippen LogP contribution in [0.4, 0.5) is 0 Å². The van der Waals surface area contributed by atoms with Crippen molar-refractivity contribution >= 4 is 38.7 Å². The number of hydrogen-bond acceptors (Lipinski definition) is 2. The van der Waals surface area contributed by atoms with Crippen LogP contribution in [0.2, 0.25) is 0 Å². The van der Waals surface area contributed by atoms with Crippen molar-refractivity contribution in [3.8, 4) is 0 Å². The third kappa shape index (κ3) is 4.09. The Morgan fingerprint density at radius 3 is 2.56 bits per heavy atom. The van der Waals surface area contributed by atoms with Crippen LogP contribution in [-0.4, -0.2) is 27.6 Å². The first-order chi connectivity index (χ1) is 12.0. The van der Waals surface area contributed by atoms with Crippen LogP contribution in [0, 0.1) is 0 Å². The molecule has 0 aliphatic heterocycles. The van der Waals surface area contributed by atoms with E-state index in [1.54, 1.807) is 4.57 Å². The molecule has 0 spiro atoms. The van der Waals surface area contributed by atoms with E-state index in [0.29, 0.717) is 0 Å². The number of rotatable bonds is 6. The van der Waals surface area contributed by atoms with Crippen LogP contribution in [0.1, 0.15) is 5.56 Å². The van der Waals surface area contributed by atoms with Gasteiger partial charge in [-0.05, 0) is 23.8 Å². The summed E-state index contributed by atoms with van der Waals surface area (Å²) in [5, 5.41) is 13.0. The molecule has 1 atom stereocenters. The predicted octanol–water partition coefficient (Wildman–Crippen LogP) is 3.22. The highest BCUT2D eigenvalue weighted by molar-refractivity contribution is 9.10. The number of nitrogens with zero attached hydrogens (tertiary/aromatic N) is 1. The molecule has 0 unspecified atom stereocenters. The number of carboxylic acids is 1. The Balaban J connectivity index is 1.71. The van der Waals surface area contributed by atoms with Crippen LogP contribution in [0.5, 0.6) is 0 Å². The lowest BCUT2D eigenvalue weighted by Gasteiger charge is -2.15. The first-order valence-corrected chi connectivity index (χ1v) is 8.63. The molecule has 128 valence electrons. The number of aliphatic carboxylic acids is 1. The molecule has 0 fully saturated rings. The van der Waals surface area contributed by atoms with Gasteiger partial charge in [-0.15, -0.1) is 0 Å². The molecule has 3 rings (SSSR count). The molecule has 0 aliphatic carbocycles. The Labute approximate surface area is 153 Å². The Morgan fingerprint density at radius 1 is 1.08 bits per heavy atom. The monoisotopic (exact) mass is 400 g/mol. The predicted molar refractivity (Wildman–Crippen MR) is 99.4 cm³/mol. The van der Waals surface area contributed by atoms with Crippen molar-refractivity contribution in [2.75, 3.05) is 0 Å². The smallest absolute Gasteiger partial charge is 0.326 e. The molecule has 0 saturated carbocycles. The molecule has 2 N–H and O–H groups in total. The first kappa shape index (κ1) is 17.2. The first-order valence-electron chi connectivity index (χ1n) is 7.84. The number of carbonyl (C=O) groups is 2. The van der Waals surface area contributed by atoms with Gasteiger partial charge in [-0.25, -0.2) is 4.79 Å². The van der Waals surface area contributed by atoms with Crippen LogP contribution in [0.25, 0.3) is 10.9 Å². The fraction of sp³-hybridized carbons (Fsp3) is 0.158. The van der Waals surface area contributed by atoms with Gasteiger partial charge in [-0.1, -0.05) is 52.3 Å². The number of carboxylic acid groups (broad SMARTS) is 1. The Hall–Kier alpha value is -2.60. The molecular weight excluding hydrogens is 384 g/mol. The fourth-order valence-electron chi connectivity index (χ4n) is 2.77. The number of hydrogen-bond donors (Lipinski definition) is 2. The van der Waals surface area contributed by atoms with Crippen molar-refractivity contribution in [2.24, 2.45) is 0 Å². The van der Waals surface area contributed by atoms with E-state index in [1.807, 2.05) is 60.8 Å². The zero-order valence-electron chi connectivity index (χ0n) is 13.4. The molecule has 2 aromatic carbocycles. The van der Waals surface area contributed by atoms with Crippen molar-refractivity contribution in [2.45, 2.75) is 19.0 Å². The van der Waals surface area contributed by atoms with Crippen LogP contribution in [0.3, 0.4) is 0 Å². The average molecular weight is 401 g/mol. The number of halogens is 1. The third-order valence-electron chi connectivity index (χ3n) is 3.99. The summed E-state index contributed by atoms with van der Waals surface area (Å²) in [6, 6.07) is 16.0. The van der Waals surface area contributed by atoms with Crippen LogP contribution in [0.15, 0.2) is 65.3 Å². The highest BCUT2D eigenvalue weighted by Gasteiger charge is 2.20. The highest BCUT2D eigenvalue weighted by Crippen LogP contribution is 2.24. The van der Waals surface area contributed by atoms with E-state index in [-0.39, 0.29) is 18.9 Å². The lowest BCUT2D eigenvalue weighted by atomic mass is 10.1. The van der Waals surface area contributed by atoms with Gasteiger partial charge < -0.3 is 15.0 Å². The molecule has 1 aromatic heterocycles. The second-order valence-electron chi connectivity index (χ2n) is 5.76. The normalized spacial score (nSPS) is 12.0. The van der Waals surface area contributed by atoms with Gasteiger partial charge in [0.05, 0.1) is 0 Å². The van der Waals surface area contributed by atoms with E-state index >= 15 is 0 Å². The maximum atomic E-state index is 12.3. The van der Waals surface area contributed by atoms with E-state index in [1.165, 1.54) is 0 Å². The second-order valence-corrected chi connectivity index (χ2v) is 6.62. The maximum Gasteiger partial charge on any atom is 0.326 e. The summed E-state index contributed by atoms with van der Waals surface area (Å²) in [5.41, 5.74) is 1.78. The summed E-state index contributed by atoms with van der Waals surface area (Å²) < 4.78 is 2.76. The third-order valence-corrected chi connectivity index (χ3v) is 4.68. The SMILES string of the molecule is O=C(Cn1ccc2c(Br)cccc21)N[C@H](Cc1ccccc1)C(=O)O. The minimum Gasteiger partial charge on any atom is -0.480 e. The number of benzene rings is 2. The maximum absolute atomic E-state index is 12.3. The van der Waals surface area contributed by atoms with Crippen LogP contribution >= 0.6 is 15.9 Å². The van der Waals surface area contributed by atoms with E-state index in [4.69, 9.17) is 0 Å². The molecule has 25 heavy (non-hydrogen) atoms. The van der Waals surface area contributed by atoms with Crippen LogP contribution in [-0.2, 0) is 22.6 Å². The van der Waals surface area contributed by atoms with Gasteiger partial charge in [0.25, 0.3) is 0 Å². The van der Waals surface area contributed by atoms with Gasteiger partial charge in [-0.2, -0.15) is 0 Å². The number of aromatic nitrogens is 1. The van der Waals surface area contributed by atoms with Gasteiger partial charge >= 0.3 is 5.97 Å². The van der Waals surface area contributed by atoms with E-state index in [9.17, 15) is 14.7 Å². The van der Waals surface area contributed by atoms with Crippen molar-refractivity contribution in [1.82, 2.24) is 9.88 Å². The van der Waals surface area contributed by atoms with Crippen LogP contribution < -0.4 is 5.32 Å². The van der Waals surface area contributed by atoms with Crippen molar-refractivity contribution in [3.05, 3.63) is 70.8 Å². The van der Waals surface area contributed by atoms with Gasteiger partial charge in [0.15, 0.2) is 0 Å². The van der Waals surface area contributed by atoms with Gasteiger partial charge in [0.2, 0.25) is 5.91 Å². The minimum absolute atomic E-state index is 0.0680. The second kappa shape index (κ2) is 7.53. The van der Waals surface area contributed by atoms with E-state index < -0.39 is 12.0 Å². The summed E-state index contributed by atoms with van der Waals surface area (Å²) in [6.45, 7) is 0.0680. The van der Waals surface area contributed by atoms with Crippen molar-refractivity contribution in [1.29, 1.82) is 0 Å². The molecule has 0 bridgehead atoms. The zero-order chi connectivity index (χ0) is 17.8. The molecule has 6 heteroatoms. The summed E-state index contributed by atoms with van der Waals surface area (Å²) in [5.74, 6) is -1.38.